The summed E-state index contributed by atoms with van der Waals surface area (Å²) in [5, 5.41) is 9.02. The Hall–Kier alpha value is -1.95. The molecule has 2 aliphatic rings. The molecule has 1 saturated heterocycles. The summed E-state index contributed by atoms with van der Waals surface area (Å²) in [5.74, 6) is 1.17. The second-order valence-corrected chi connectivity index (χ2v) is 5.42. The lowest BCUT2D eigenvalue weighted by molar-refractivity contribution is -0.143. The van der Waals surface area contributed by atoms with Crippen molar-refractivity contribution in [2.45, 2.75) is 19.4 Å². The summed E-state index contributed by atoms with van der Waals surface area (Å²) < 4.78 is 16.1. The number of hydrogen-bond donors (Lipinski definition) is 1. The molecular formula is C15H19NO5. The van der Waals surface area contributed by atoms with Crippen LogP contribution in [0.5, 0.6) is 17.2 Å². The Morgan fingerprint density at radius 2 is 2.14 bits per heavy atom. The Morgan fingerprint density at radius 3 is 2.81 bits per heavy atom. The zero-order valence-electron chi connectivity index (χ0n) is 12.0. The molecule has 0 unspecified atom stereocenters. The van der Waals surface area contributed by atoms with Gasteiger partial charge in [0.2, 0.25) is 12.5 Å². The van der Waals surface area contributed by atoms with Crippen LogP contribution in [0, 0.1) is 5.92 Å². The van der Waals surface area contributed by atoms with Crippen LogP contribution in [-0.4, -0.2) is 43.0 Å². The largest absolute Gasteiger partial charge is 0.493 e. The molecule has 1 N–H and O–H groups in total. The maximum absolute atomic E-state index is 11.0. The molecule has 0 radical (unpaired) electrons. The molecule has 0 aromatic heterocycles. The Morgan fingerprint density at radius 1 is 1.38 bits per heavy atom. The van der Waals surface area contributed by atoms with Crippen LogP contribution in [-0.2, 0) is 11.3 Å². The van der Waals surface area contributed by atoms with Gasteiger partial charge in [0, 0.05) is 6.54 Å². The number of fused-ring (bicyclic) bond motifs is 1. The number of hydrogen-bond acceptors (Lipinski definition) is 5. The first kappa shape index (κ1) is 14.0. The average Bonchev–Trinajstić information content (AvgIpc) is 2.95. The van der Waals surface area contributed by atoms with E-state index in [9.17, 15) is 4.79 Å². The van der Waals surface area contributed by atoms with Gasteiger partial charge >= 0.3 is 5.97 Å². The molecule has 114 valence electrons. The minimum atomic E-state index is -0.681. The summed E-state index contributed by atoms with van der Waals surface area (Å²) in [5.41, 5.74) is 1.09. The Kier molecular flexibility index (Phi) is 3.88. The van der Waals surface area contributed by atoms with Crippen molar-refractivity contribution in [3.8, 4) is 17.2 Å². The second-order valence-electron chi connectivity index (χ2n) is 5.42. The van der Waals surface area contributed by atoms with Crippen molar-refractivity contribution in [2.24, 2.45) is 5.92 Å². The minimum Gasteiger partial charge on any atom is -0.493 e. The van der Waals surface area contributed by atoms with Crippen LogP contribution >= 0.6 is 0 Å². The van der Waals surface area contributed by atoms with Gasteiger partial charge in [0.1, 0.15) is 0 Å². The van der Waals surface area contributed by atoms with Crippen LogP contribution in [0.4, 0.5) is 0 Å². The average molecular weight is 293 g/mol. The molecule has 0 atom stereocenters. The number of piperidine rings is 1. The topological polar surface area (TPSA) is 68.2 Å². The van der Waals surface area contributed by atoms with E-state index >= 15 is 0 Å². The third kappa shape index (κ3) is 2.90. The van der Waals surface area contributed by atoms with Crippen molar-refractivity contribution in [1.29, 1.82) is 0 Å². The van der Waals surface area contributed by atoms with E-state index in [0.29, 0.717) is 30.1 Å². The second kappa shape index (κ2) is 5.81. The van der Waals surface area contributed by atoms with Gasteiger partial charge in [-0.05, 0) is 43.6 Å². The summed E-state index contributed by atoms with van der Waals surface area (Å²) in [4.78, 5) is 13.2. The number of rotatable bonds is 4. The van der Waals surface area contributed by atoms with E-state index in [1.807, 2.05) is 12.1 Å². The van der Waals surface area contributed by atoms with Gasteiger partial charge in [0.25, 0.3) is 0 Å². The molecule has 1 aromatic rings. The minimum absolute atomic E-state index is 0.201. The molecule has 1 aromatic carbocycles. The third-order valence-electron chi connectivity index (χ3n) is 4.06. The van der Waals surface area contributed by atoms with Gasteiger partial charge in [0.05, 0.1) is 13.0 Å². The smallest absolute Gasteiger partial charge is 0.306 e. The van der Waals surface area contributed by atoms with Crippen molar-refractivity contribution < 1.29 is 24.1 Å². The van der Waals surface area contributed by atoms with Crippen molar-refractivity contribution in [2.75, 3.05) is 27.0 Å². The van der Waals surface area contributed by atoms with E-state index < -0.39 is 5.97 Å². The number of nitrogens with zero attached hydrogens (tertiary/aromatic N) is 1. The fourth-order valence-corrected chi connectivity index (χ4v) is 2.87. The van der Waals surface area contributed by atoms with E-state index in [1.165, 1.54) is 0 Å². The maximum atomic E-state index is 11.0. The molecule has 2 aliphatic heterocycles. The molecule has 0 amide bonds. The molecule has 0 saturated carbocycles. The van der Waals surface area contributed by atoms with Gasteiger partial charge in [-0.25, -0.2) is 0 Å². The molecule has 1 fully saturated rings. The predicted molar refractivity (Wildman–Crippen MR) is 74.8 cm³/mol. The molecule has 6 nitrogen and oxygen atoms in total. The number of likely N-dealkylation sites (tertiary alicyclic amines) is 1. The van der Waals surface area contributed by atoms with Crippen molar-refractivity contribution in [1.82, 2.24) is 4.90 Å². The quantitative estimate of drug-likeness (QED) is 0.911. The highest BCUT2D eigenvalue weighted by molar-refractivity contribution is 5.70. The standard InChI is InChI=1S/C15H19NO5/c1-19-12-6-10(7-13-14(12)21-9-20-13)8-16-4-2-11(3-5-16)15(17)18/h6-7,11H,2-5,8-9H2,1H3,(H,17,18). The molecule has 6 heteroatoms. The van der Waals surface area contributed by atoms with E-state index in [1.54, 1.807) is 7.11 Å². The van der Waals surface area contributed by atoms with Gasteiger partial charge in [-0.1, -0.05) is 0 Å². The molecule has 21 heavy (non-hydrogen) atoms. The number of ether oxygens (including phenoxy) is 3. The van der Waals surface area contributed by atoms with Gasteiger partial charge in [0.15, 0.2) is 11.5 Å². The number of carboxylic acids is 1. The first-order chi connectivity index (χ1) is 10.2. The number of carboxylic acid groups (broad SMARTS) is 1. The molecule has 0 aliphatic carbocycles. The first-order valence-electron chi connectivity index (χ1n) is 7.09. The highest BCUT2D eigenvalue weighted by Gasteiger charge is 2.25. The lowest BCUT2D eigenvalue weighted by atomic mass is 9.97. The summed E-state index contributed by atoms with van der Waals surface area (Å²) in [6.45, 7) is 2.58. The number of methoxy groups -OCH3 is 1. The van der Waals surface area contributed by atoms with E-state index in [-0.39, 0.29) is 12.7 Å². The Bertz CT molecular complexity index is 537. The zero-order chi connectivity index (χ0) is 14.8. The first-order valence-corrected chi connectivity index (χ1v) is 7.09. The fourth-order valence-electron chi connectivity index (χ4n) is 2.87. The summed E-state index contributed by atoms with van der Waals surface area (Å²) in [6.07, 6.45) is 1.41. The highest BCUT2D eigenvalue weighted by atomic mass is 16.7. The predicted octanol–water partition coefficient (Wildman–Crippen LogP) is 1.72. The SMILES string of the molecule is COc1cc(CN2CCC(C(=O)O)CC2)cc2c1OCO2. The molecule has 0 spiro atoms. The Balaban J connectivity index is 1.67. The van der Waals surface area contributed by atoms with Crippen molar-refractivity contribution >= 4 is 5.97 Å². The molecule has 2 heterocycles. The van der Waals surface area contributed by atoms with E-state index in [4.69, 9.17) is 19.3 Å². The van der Waals surface area contributed by atoms with Crippen LogP contribution in [0.3, 0.4) is 0 Å². The number of carbonyl (C=O) groups is 1. The highest BCUT2D eigenvalue weighted by Crippen LogP contribution is 2.42. The fraction of sp³-hybridized carbons (Fsp3) is 0.533. The summed E-state index contributed by atoms with van der Waals surface area (Å²) in [6, 6.07) is 3.92. The van der Waals surface area contributed by atoms with Gasteiger partial charge < -0.3 is 19.3 Å². The Labute approximate surface area is 123 Å². The van der Waals surface area contributed by atoms with Crippen LogP contribution < -0.4 is 14.2 Å². The van der Waals surface area contributed by atoms with Gasteiger partial charge in [-0.3, -0.25) is 9.69 Å². The van der Waals surface area contributed by atoms with E-state index in [2.05, 4.69) is 4.90 Å². The third-order valence-corrected chi connectivity index (χ3v) is 4.06. The molecule has 0 bridgehead atoms. The normalized spacial score (nSPS) is 18.7. The zero-order valence-corrected chi connectivity index (χ0v) is 12.0. The van der Waals surface area contributed by atoms with E-state index in [0.717, 1.165) is 25.2 Å². The molecule has 3 rings (SSSR count). The number of aliphatic carboxylic acids is 1. The van der Waals surface area contributed by atoms with Crippen LogP contribution in [0.1, 0.15) is 18.4 Å². The van der Waals surface area contributed by atoms with Crippen molar-refractivity contribution in [3.05, 3.63) is 17.7 Å². The van der Waals surface area contributed by atoms with Gasteiger partial charge in [-0.2, -0.15) is 0 Å². The lowest BCUT2D eigenvalue weighted by Crippen LogP contribution is -2.35. The number of benzene rings is 1. The summed E-state index contributed by atoms with van der Waals surface area (Å²) in [7, 11) is 1.61. The molecular weight excluding hydrogens is 274 g/mol. The van der Waals surface area contributed by atoms with Crippen LogP contribution in [0.2, 0.25) is 0 Å². The van der Waals surface area contributed by atoms with Crippen molar-refractivity contribution in [3.63, 3.8) is 0 Å². The van der Waals surface area contributed by atoms with Crippen LogP contribution in [0.25, 0.3) is 0 Å². The van der Waals surface area contributed by atoms with Crippen LogP contribution in [0.15, 0.2) is 12.1 Å². The monoisotopic (exact) mass is 293 g/mol. The summed E-state index contributed by atoms with van der Waals surface area (Å²) >= 11 is 0. The lowest BCUT2D eigenvalue weighted by Gasteiger charge is -2.30. The maximum Gasteiger partial charge on any atom is 0.306 e. The van der Waals surface area contributed by atoms with Gasteiger partial charge in [-0.15, -0.1) is 0 Å².